The Bertz CT molecular complexity index is 62.2. The van der Waals surface area contributed by atoms with Gasteiger partial charge in [0.15, 0.2) is 0 Å². The third-order valence-electron chi connectivity index (χ3n) is 2.42. The van der Waals surface area contributed by atoms with Crippen molar-refractivity contribution in [3.8, 4) is 0 Å². The lowest BCUT2D eigenvalue weighted by Crippen LogP contribution is -2.08. The molecule has 1 heteroatoms. The lowest BCUT2D eigenvalue weighted by Gasteiger charge is -2.19. The Morgan fingerprint density at radius 2 is 2.33 bits per heavy atom. The van der Waals surface area contributed by atoms with Crippen LogP contribution in [0.2, 0.25) is 11.6 Å². The van der Waals surface area contributed by atoms with E-state index in [1.807, 2.05) is 0 Å². The molecule has 1 atom stereocenters. The highest BCUT2D eigenvalue weighted by Gasteiger charge is 2.11. The average Bonchev–Trinajstić information content (AvgIpc) is 1.91. The molecule has 0 aromatic heterocycles. The van der Waals surface area contributed by atoms with Gasteiger partial charge in [-0.2, -0.15) is 0 Å². The normalized spacial score (nSPS) is 31.0. The molecule has 0 N–H and O–H groups in total. The zero-order chi connectivity index (χ0) is 6.53. The first-order chi connectivity index (χ1) is 4.43. The van der Waals surface area contributed by atoms with Crippen LogP contribution in [0.25, 0.3) is 0 Å². The second kappa shape index (κ2) is 4.10. The van der Waals surface area contributed by atoms with Crippen molar-refractivity contribution in [2.24, 2.45) is 0 Å². The Morgan fingerprint density at radius 3 is 2.89 bits per heavy atom. The molecule has 0 aromatic rings. The Morgan fingerprint density at radius 1 is 1.44 bits per heavy atom. The number of hydrogen-bond donors (Lipinski definition) is 0. The van der Waals surface area contributed by atoms with Crippen LogP contribution in [0.1, 0.15) is 39.0 Å². The van der Waals surface area contributed by atoms with Crippen molar-refractivity contribution in [2.45, 2.75) is 50.6 Å². The van der Waals surface area contributed by atoms with Gasteiger partial charge in [-0.3, -0.25) is 0 Å². The van der Waals surface area contributed by atoms with E-state index in [1.165, 1.54) is 18.4 Å². The van der Waals surface area contributed by atoms with Crippen molar-refractivity contribution in [2.75, 3.05) is 0 Å². The smallest absolute Gasteiger partial charge is 0.0231 e. The van der Waals surface area contributed by atoms with Crippen molar-refractivity contribution in [3.63, 3.8) is 0 Å². The van der Waals surface area contributed by atoms with E-state index < -0.39 is 0 Å². The summed E-state index contributed by atoms with van der Waals surface area (Å²) in [6, 6.07) is 1.64. The summed E-state index contributed by atoms with van der Waals surface area (Å²) in [5, 5.41) is 0. The fourth-order valence-electron chi connectivity index (χ4n) is 1.88. The molecular formula is C8H18Si. The highest BCUT2D eigenvalue weighted by atomic mass is 28.2. The van der Waals surface area contributed by atoms with Crippen molar-refractivity contribution < 1.29 is 0 Å². The van der Waals surface area contributed by atoms with E-state index in [-0.39, 0.29) is 0 Å². The molecule has 0 radical (unpaired) electrons. The van der Waals surface area contributed by atoms with Gasteiger partial charge in [-0.1, -0.05) is 50.6 Å². The van der Waals surface area contributed by atoms with Crippen LogP contribution in [0.15, 0.2) is 0 Å². The summed E-state index contributed by atoms with van der Waals surface area (Å²) in [7, 11) is 0.411. The topological polar surface area (TPSA) is 0 Å². The standard InChI is InChI=1S/C8H18Si/c1-2-5-8-6-3-4-7-9-8/h8H,2-7,9H2,1H3. The minimum Gasteiger partial charge on any atom is -0.0654 e. The Balaban J connectivity index is 2.08. The molecule has 0 nitrogen and oxygen atoms in total. The molecule has 0 bridgehead atoms. The van der Waals surface area contributed by atoms with Crippen LogP contribution >= 0.6 is 0 Å². The van der Waals surface area contributed by atoms with Crippen LogP contribution in [0, 0.1) is 0 Å². The molecule has 0 amide bonds. The summed E-state index contributed by atoms with van der Waals surface area (Å²) < 4.78 is 0. The molecule has 1 aliphatic rings. The molecule has 1 saturated heterocycles. The maximum absolute atomic E-state index is 2.32. The summed E-state index contributed by atoms with van der Waals surface area (Å²) in [4.78, 5) is 0. The molecule has 0 aromatic carbocycles. The van der Waals surface area contributed by atoms with E-state index in [2.05, 4.69) is 6.92 Å². The highest BCUT2D eigenvalue weighted by Crippen LogP contribution is 2.26. The van der Waals surface area contributed by atoms with Crippen LogP contribution in [0.5, 0.6) is 0 Å². The summed E-state index contributed by atoms with van der Waals surface area (Å²) in [5.74, 6) is 0. The van der Waals surface area contributed by atoms with Crippen molar-refractivity contribution >= 4 is 9.52 Å². The molecular weight excluding hydrogens is 124 g/mol. The first-order valence-corrected chi connectivity index (χ1v) is 6.25. The quantitative estimate of drug-likeness (QED) is 0.519. The maximum atomic E-state index is 2.32. The van der Waals surface area contributed by atoms with Gasteiger partial charge in [-0.25, -0.2) is 0 Å². The van der Waals surface area contributed by atoms with Crippen LogP contribution in [-0.2, 0) is 0 Å². The maximum Gasteiger partial charge on any atom is 0.0231 e. The highest BCUT2D eigenvalue weighted by molar-refractivity contribution is 6.37. The second-order valence-corrected chi connectivity index (χ2v) is 5.73. The molecule has 0 spiro atoms. The van der Waals surface area contributed by atoms with Crippen LogP contribution in [-0.4, -0.2) is 9.52 Å². The minimum atomic E-state index is 0.411. The predicted molar refractivity (Wildman–Crippen MR) is 45.9 cm³/mol. The number of hydrogen-bond acceptors (Lipinski definition) is 0. The molecule has 1 heterocycles. The lowest BCUT2D eigenvalue weighted by atomic mass is 10.1. The molecule has 1 fully saturated rings. The summed E-state index contributed by atoms with van der Waals surface area (Å²) in [6.45, 7) is 2.32. The molecule has 1 unspecified atom stereocenters. The molecule has 0 aliphatic carbocycles. The van der Waals surface area contributed by atoms with Crippen molar-refractivity contribution in [1.29, 1.82) is 0 Å². The first kappa shape index (κ1) is 7.33. The molecule has 0 saturated carbocycles. The largest absolute Gasteiger partial charge is 0.0654 e. The molecule has 1 rings (SSSR count). The zero-order valence-electron chi connectivity index (χ0n) is 6.53. The van der Waals surface area contributed by atoms with Gasteiger partial charge in [-0.05, 0) is 0 Å². The van der Waals surface area contributed by atoms with Crippen molar-refractivity contribution in [1.82, 2.24) is 0 Å². The van der Waals surface area contributed by atoms with Gasteiger partial charge in [0.25, 0.3) is 0 Å². The Hall–Kier alpha value is 0.217. The molecule has 9 heavy (non-hydrogen) atoms. The van der Waals surface area contributed by atoms with E-state index in [4.69, 9.17) is 0 Å². The zero-order valence-corrected chi connectivity index (χ0v) is 7.94. The molecule has 1 aliphatic heterocycles. The first-order valence-electron chi connectivity index (χ1n) is 4.43. The van der Waals surface area contributed by atoms with E-state index in [1.54, 1.807) is 25.3 Å². The van der Waals surface area contributed by atoms with E-state index >= 15 is 0 Å². The van der Waals surface area contributed by atoms with Gasteiger partial charge in [0, 0.05) is 9.52 Å². The van der Waals surface area contributed by atoms with E-state index in [9.17, 15) is 0 Å². The summed E-state index contributed by atoms with van der Waals surface area (Å²) in [6.07, 6.45) is 7.66. The van der Waals surface area contributed by atoms with Gasteiger partial charge < -0.3 is 0 Å². The average molecular weight is 142 g/mol. The Kier molecular flexibility index (Phi) is 3.34. The van der Waals surface area contributed by atoms with Gasteiger partial charge >= 0.3 is 0 Å². The van der Waals surface area contributed by atoms with Gasteiger partial charge in [-0.15, -0.1) is 0 Å². The predicted octanol–water partition coefficient (Wildman–Crippen LogP) is 2.35. The van der Waals surface area contributed by atoms with Gasteiger partial charge in [0.2, 0.25) is 0 Å². The SMILES string of the molecule is CCCC1CCCC[SiH2]1. The van der Waals surface area contributed by atoms with Crippen molar-refractivity contribution in [3.05, 3.63) is 0 Å². The van der Waals surface area contributed by atoms with E-state index in [0.29, 0.717) is 9.52 Å². The monoisotopic (exact) mass is 142 g/mol. The molecule has 54 valence electrons. The second-order valence-electron chi connectivity index (χ2n) is 3.29. The Labute approximate surface area is 60.9 Å². The fourth-order valence-corrected chi connectivity index (χ4v) is 4.38. The van der Waals surface area contributed by atoms with Gasteiger partial charge in [0.1, 0.15) is 0 Å². The summed E-state index contributed by atoms with van der Waals surface area (Å²) >= 11 is 0. The third-order valence-corrected chi connectivity index (χ3v) is 4.96. The van der Waals surface area contributed by atoms with E-state index in [0.717, 1.165) is 0 Å². The fraction of sp³-hybridized carbons (Fsp3) is 1.00. The van der Waals surface area contributed by atoms with Crippen LogP contribution < -0.4 is 0 Å². The van der Waals surface area contributed by atoms with Gasteiger partial charge in [0.05, 0.1) is 0 Å². The summed E-state index contributed by atoms with van der Waals surface area (Å²) in [5.41, 5.74) is 1.24. The third kappa shape index (κ3) is 2.52. The minimum absolute atomic E-state index is 0.411. The van der Waals surface area contributed by atoms with Crippen LogP contribution in [0.3, 0.4) is 0 Å². The van der Waals surface area contributed by atoms with Crippen LogP contribution in [0.4, 0.5) is 0 Å². The lowest BCUT2D eigenvalue weighted by molar-refractivity contribution is 0.589. The number of rotatable bonds is 2.